The lowest BCUT2D eigenvalue weighted by Gasteiger charge is -2.12. The molecule has 0 saturated heterocycles. The van der Waals surface area contributed by atoms with E-state index in [0.717, 1.165) is 12.1 Å². The summed E-state index contributed by atoms with van der Waals surface area (Å²) in [7, 11) is -2.86. The number of nitrogen functional groups attached to an aromatic ring is 1. The fraction of sp³-hybridized carbons (Fsp3) is 0.0909. The van der Waals surface area contributed by atoms with Gasteiger partial charge < -0.3 is 20.3 Å². The van der Waals surface area contributed by atoms with Crippen LogP contribution >= 0.6 is 0 Å². The maximum Gasteiger partial charge on any atom is 0.341 e. The van der Waals surface area contributed by atoms with Crippen molar-refractivity contribution in [3.8, 4) is 22.6 Å². The number of aromatic nitrogens is 2. The lowest BCUT2D eigenvalue weighted by Crippen LogP contribution is -2.14. The molecule has 12 heteroatoms. The first-order valence-corrected chi connectivity index (χ1v) is 11.3. The van der Waals surface area contributed by atoms with Crippen LogP contribution in [0.3, 0.4) is 0 Å². The Balaban J connectivity index is 1.63. The minimum Gasteiger partial charge on any atom is -0.497 e. The van der Waals surface area contributed by atoms with E-state index in [1.165, 1.54) is 25.3 Å². The Morgan fingerprint density at radius 3 is 2.56 bits per heavy atom. The number of nitrogens with zero attached hydrogens (tertiary/aromatic N) is 1. The van der Waals surface area contributed by atoms with E-state index in [4.69, 9.17) is 20.3 Å². The molecule has 34 heavy (non-hydrogen) atoms. The zero-order valence-electron chi connectivity index (χ0n) is 17.7. The van der Waals surface area contributed by atoms with Crippen molar-refractivity contribution in [2.45, 2.75) is 4.90 Å². The number of nitrogens with one attached hydrogen (secondary N) is 2. The van der Waals surface area contributed by atoms with Crippen LogP contribution in [0.25, 0.3) is 22.0 Å². The number of methoxy groups -OCH3 is 1. The van der Waals surface area contributed by atoms with Crippen LogP contribution in [-0.4, -0.2) is 43.4 Å². The molecule has 0 spiro atoms. The second-order valence-electron chi connectivity index (χ2n) is 7.17. The lowest BCUT2D eigenvalue weighted by molar-refractivity contribution is -0.139. The third-order valence-corrected chi connectivity index (χ3v) is 6.30. The quantitative estimate of drug-likeness (QED) is 0.296. The van der Waals surface area contributed by atoms with Gasteiger partial charge in [0, 0.05) is 11.8 Å². The first kappa shape index (κ1) is 22.9. The fourth-order valence-electron chi connectivity index (χ4n) is 3.32. The molecular weight excluding hydrogens is 467 g/mol. The summed E-state index contributed by atoms with van der Waals surface area (Å²) in [5, 5.41) is 16.1. The number of anilines is 2. The van der Waals surface area contributed by atoms with Crippen LogP contribution in [0.5, 0.6) is 11.5 Å². The smallest absolute Gasteiger partial charge is 0.341 e. The summed E-state index contributed by atoms with van der Waals surface area (Å²) < 4.78 is 52.2. The van der Waals surface area contributed by atoms with Gasteiger partial charge in [-0.25, -0.2) is 17.6 Å². The van der Waals surface area contributed by atoms with Gasteiger partial charge in [0.1, 0.15) is 22.2 Å². The van der Waals surface area contributed by atoms with Crippen molar-refractivity contribution in [3.05, 3.63) is 60.4 Å². The van der Waals surface area contributed by atoms with Crippen LogP contribution in [0.2, 0.25) is 0 Å². The molecule has 4 rings (SSSR count). The van der Waals surface area contributed by atoms with Crippen molar-refractivity contribution in [1.29, 1.82) is 0 Å². The zero-order valence-corrected chi connectivity index (χ0v) is 18.5. The number of fused-ring (bicyclic) bond motifs is 1. The normalized spacial score (nSPS) is 11.4. The number of carbonyl (C=O) groups is 1. The molecule has 10 nitrogen and oxygen atoms in total. The highest BCUT2D eigenvalue weighted by Gasteiger charge is 2.20. The van der Waals surface area contributed by atoms with Crippen molar-refractivity contribution in [3.63, 3.8) is 0 Å². The number of hydrogen-bond donors (Lipinski definition) is 4. The van der Waals surface area contributed by atoms with Crippen LogP contribution in [-0.2, 0) is 14.8 Å². The lowest BCUT2D eigenvalue weighted by atomic mass is 10.0. The predicted molar refractivity (Wildman–Crippen MR) is 123 cm³/mol. The summed E-state index contributed by atoms with van der Waals surface area (Å²) in [6.07, 6.45) is 0. The van der Waals surface area contributed by atoms with Gasteiger partial charge in [-0.1, -0.05) is 12.1 Å². The average molecular weight is 486 g/mol. The first-order chi connectivity index (χ1) is 16.2. The number of sulfonamides is 1. The molecule has 5 N–H and O–H groups in total. The Morgan fingerprint density at radius 2 is 1.88 bits per heavy atom. The molecule has 0 aliphatic rings. The van der Waals surface area contributed by atoms with Gasteiger partial charge in [-0.2, -0.15) is 5.10 Å². The van der Waals surface area contributed by atoms with Crippen LogP contribution in [0.15, 0.2) is 59.5 Å². The summed E-state index contributed by atoms with van der Waals surface area (Å²) in [6, 6.07) is 13.1. The van der Waals surface area contributed by atoms with Crippen LogP contribution in [0.1, 0.15) is 0 Å². The number of carboxylic acid groups (broad SMARTS) is 1. The third kappa shape index (κ3) is 4.57. The van der Waals surface area contributed by atoms with Crippen molar-refractivity contribution >= 4 is 38.4 Å². The maximum absolute atomic E-state index is 14.1. The van der Waals surface area contributed by atoms with Crippen molar-refractivity contribution < 1.29 is 32.2 Å². The molecule has 0 atom stereocenters. The number of ether oxygens (including phenoxy) is 2. The molecule has 0 saturated carbocycles. The van der Waals surface area contributed by atoms with Crippen molar-refractivity contribution in [2.24, 2.45) is 0 Å². The van der Waals surface area contributed by atoms with Gasteiger partial charge in [-0.3, -0.25) is 9.82 Å². The Labute approximate surface area is 193 Å². The van der Waals surface area contributed by atoms with E-state index in [1.807, 2.05) is 0 Å². The molecule has 0 aliphatic carbocycles. The molecule has 0 fully saturated rings. The fourth-order valence-corrected chi connectivity index (χ4v) is 4.47. The van der Waals surface area contributed by atoms with Crippen LogP contribution in [0.4, 0.5) is 15.9 Å². The highest BCUT2D eigenvalue weighted by atomic mass is 32.2. The van der Waals surface area contributed by atoms with Crippen molar-refractivity contribution in [2.75, 3.05) is 24.2 Å². The van der Waals surface area contributed by atoms with E-state index < -0.39 is 33.3 Å². The second kappa shape index (κ2) is 8.90. The van der Waals surface area contributed by atoms with Gasteiger partial charge in [0.15, 0.2) is 12.4 Å². The minimum absolute atomic E-state index is 0.163. The molecule has 0 amide bonds. The van der Waals surface area contributed by atoms with E-state index in [0.29, 0.717) is 22.0 Å². The number of carboxylic acids is 1. The molecule has 0 unspecified atom stereocenters. The summed E-state index contributed by atoms with van der Waals surface area (Å²) >= 11 is 0. The summed E-state index contributed by atoms with van der Waals surface area (Å²) in [5.41, 5.74) is 7.92. The van der Waals surface area contributed by atoms with Gasteiger partial charge in [0.25, 0.3) is 10.0 Å². The molecular formula is C22H19FN4O6S. The number of aromatic amines is 1. The highest BCUT2D eigenvalue weighted by Crippen LogP contribution is 2.35. The van der Waals surface area contributed by atoms with Gasteiger partial charge in [0.05, 0.1) is 18.0 Å². The zero-order chi connectivity index (χ0) is 24.5. The van der Waals surface area contributed by atoms with Crippen molar-refractivity contribution in [1.82, 2.24) is 10.2 Å². The molecule has 3 aromatic carbocycles. The Morgan fingerprint density at radius 1 is 1.15 bits per heavy atom. The number of benzene rings is 3. The summed E-state index contributed by atoms with van der Waals surface area (Å²) in [5.74, 6) is -1.46. The number of halogens is 1. The Kier molecular flexibility index (Phi) is 5.99. The van der Waals surface area contributed by atoms with E-state index in [2.05, 4.69) is 14.9 Å². The number of rotatable bonds is 8. The van der Waals surface area contributed by atoms with Crippen LogP contribution in [0, 0.1) is 5.82 Å². The van der Waals surface area contributed by atoms with Gasteiger partial charge in [-0.05, 0) is 47.5 Å². The number of aliphatic carboxylic acids is 1. The third-order valence-electron chi connectivity index (χ3n) is 4.90. The average Bonchev–Trinajstić information content (AvgIpc) is 3.18. The van der Waals surface area contributed by atoms with Gasteiger partial charge in [0.2, 0.25) is 0 Å². The first-order valence-electron chi connectivity index (χ1n) is 9.77. The monoisotopic (exact) mass is 486 g/mol. The standard InChI is InChI=1S/C22H19FN4O6S/c1-32-15-6-7-16(23)19(10-15)34(30,31)27-14-4-2-12(3-5-14)13-8-17-21(22(24)26-25-17)18(9-13)33-11-20(28)29/h2-10,27H,11H2,1H3,(H,28,29)(H3,24,25,26). The summed E-state index contributed by atoms with van der Waals surface area (Å²) in [6.45, 7) is -0.565. The molecule has 0 bridgehead atoms. The summed E-state index contributed by atoms with van der Waals surface area (Å²) in [4.78, 5) is 10.4. The second-order valence-corrected chi connectivity index (χ2v) is 8.82. The number of hydrogen-bond acceptors (Lipinski definition) is 7. The molecule has 1 heterocycles. The number of nitrogens with two attached hydrogens (primary N) is 1. The van der Waals surface area contributed by atoms with E-state index in [9.17, 15) is 17.6 Å². The number of H-pyrrole nitrogens is 1. The van der Waals surface area contributed by atoms with E-state index in [-0.39, 0.29) is 23.0 Å². The van der Waals surface area contributed by atoms with Gasteiger partial charge >= 0.3 is 5.97 Å². The SMILES string of the molecule is COc1ccc(F)c(S(=O)(=O)Nc2ccc(-c3cc(OCC(=O)O)c4c(N)n[nH]c4c3)cc2)c1. The predicted octanol–water partition coefficient (Wildman–Crippen LogP) is 3.22. The topological polar surface area (TPSA) is 157 Å². The van der Waals surface area contributed by atoms with Crippen LogP contribution < -0.4 is 19.9 Å². The Bertz CT molecular complexity index is 1490. The highest BCUT2D eigenvalue weighted by molar-refractivity contribution is 7.92. The van der Waals surface area contributed by atoms with Gasteiger partial charge in [-0.15, -0.1) is 0 Å². The largest absolute Gasteiger partial charge is 0.497 e. The molecule has 0 aliphatic heterocycles. The van der Waals surface area contributed by atoms with E-state index in [1.54, 1.807) is 24.3 Å². The molecule has 176 valence electrons. The molecule has 4 aromatic rings. The minimum atomic E-state index is -4.21. The maximum atomic E-state index is 14.1. The Hall–Kier alpha value is -4.32. The molecule has 0 radical (unpaired) electrons. The van der Waals surface area contributed by atoms with E-state index >= 15 is 0 Å². The molecule has 1 aromatic heterocycles.